The molecule has 0 fully saturated rings. The maximum atomic E-state index is 11.3. The quantitative estimate of drug-likeness (QED) is 0.559. The molecule has 1 aromatic heterocycles. The molecule has 7 heteroatoms. The van der Waals surface area contributed by atoms with Crippen LogP contribution in [0, 0.1) is 0 Å². The molecule has 2 heterocycles. The second-order valence-corrected chi connectivity index (χ2v) is 8.28. The SMILES string of the molecule is CCn1c(CN2c3ccccc3Sc3ccccc32)nnc1SCC(C)=O. The number of aromatic nitrogens is 3. The van der Waals surface area contributed by atoms with Crippen LogP contribution in [0.15, 0.2) is 63.5 Å². The number of hydrogen-bond acceptors (Lipinski definition) is 6. The van der Waals surface area contributed by atoms with Crippen LogP contribution in [-0.2, 0) is 17.9 Å². The maximum absolute atomic E-state index is 11.3. The van der Waals surface area contributed by atoms with E-state index in [9.17, 15) is 4.79 Å². The Bertz CT molecular complexity index is 940. The molecule has 0 spiro atoms. The van der Waals surface area contributed by atoms with Crippen LogP contribution in [0.2, 0.25) is 0 Å². The standard InChI is InChI=1S/C20H20N4OS2/c1-3-23-19(21-22-20(23)26-13-14(2)25)12-24-15-8-4-6-10-17(15)27-18-11-7-5-9-16(18)24/h4-11H,3,12-13H2,1-2H3. The molecule has 1 aliphatic rings. The summed E-state index contributed by atoms with van der Waals surface area (Å²) in [7, 11) is 0. The van der Waals surface area contributed by atoms with E-state index in [4.69, 9.17) is 0 Å². The number of rotatable bonds is 6. The third kappa shape index (κ3) is 3.61. The fourth-order valence-electron chi connectivity index (χ4n) is 3.12. The van der Waals surface area contributed by atoms with E-state index < -0.39 is 0 Å². The predicted molar refractivity (Wildman–Crippen MR) is 110 cm³/mol. The molecule has 0 saturated heterocycles. The molecule has 0 N–H and O–H groups in total. The molecule has 5 nitrogen and oxygen atoms in total. The average Bonchev–Trinajstić information content (AvgIpc) is 3.07. The molecule has 0 saturated carbocycles. The molecule has 0 amide bonds. The molecule has 4 rings (SSSR count). The Labute approximate surface area is 167 Å². The molecule has 3 aromatic rings. The third-order valence-electron chi connectivity index (χ3n) is 4.35. The Balaban J connectivity index is 1.70. The molecular weight excluding hydrogens is 376 g/mol. The molecule has 2 aromatic carbocycles. The lowest BCUT2D eigenvalue weighted by atomic mass is 10.2. The highest BCUT2D eigenvalue weighted by atomic mass is 32.2. The highest BCUT2D eigenvalue weighted by molar-refractivity contribution is 8.00. The van der Waals surface area contributed by atoms with Gasteiger partial charge in [0.1, 0.15) is 5.78 Å². The number of anilines is 2. The number of carbonyl (C=O) groups excluding carboxylic acids is 1. The van der Waals surface area contributed by atoms with Crippen molar-refractivity contribution >= 4 is 40.7 Å². The maximum Gasteiger partial charge on any atom is 0.191 e. The van der Waals surface area contributed by atoms with E-state index in [0.717, 1.165) is 17.5 Å². The Hall–Kier alpha value is -2.25. The van der Waals surface area contributed by atoms with Crippen molar-refractivity contribution in [3.05, 3.63) is 54.4 Å². The van der Waals surface area contributed by atoms with Crippen LogP contribution >= 0.6 is 23.5 Å². The van der Waals surface area contributed by atoms with E-state index >= 15 is 0 Å². The van der Waals surface area contributed by atoms with Gasteiger partial charge in [-0.3, -0.25) is 4.79 Å². The summed E-state index contributed by atoms with van der Waals surface area (Å²) in [6.07, 6.45) is 0. The van der Waals surface area contributed by atoms with E-state index in [2.05, 4.69) is 75.1 Å². The number of carbonyl (C=O) groups is 1. The largest absolute Gasteiger partial charge is 0.332 e. The molecule has 0 aliphatic carbocycles. The first kappa shape index (κ1) is 18.1. The molecule has 0 unspecified atom stereocenters. The van der Waals surface area contributed by atoms with Crippen molar-refractivity contribution in [1.29, 1.82) is 0 Å². The van der Waals surface area contributed by atoms with Crippen LogP contribution in [0.4, 0.5) is 11.4 Å². The first-order valence-electron chi connectivity index (χ1n) is 8.85. The zero-order valence-electron chi connectivity index (χ0n) is 15.3. The topological polar surface area (TPSA) is 51.0 Å². The Morgan fingerprint density at radius 2 is 1.67 bits per heavy atom. The highest BCUT2D eigenvalue weighted by Gasteiger charge is 2.25. The van der Waals surface area contributed by atoms with E-state index in [-0.39, 0.29) is 5.78 Å². The Kier molecular flexibility index (Phi) is 5.22. The van der Waals surface area contributed by atoms with E-state index in [0.29, 0.717) is 12.3 Å². The average molecular weight is 397 g/mol. The summed E-state index contributed by atoms with van der Waals surface area (Å²) >= 11 is 3.25. The molecule has 1 aliphatic heterocycles. The molecular formula is C20H20N4OS2. The summed E-state index contributed by atoms with van der Waals surface area (Å²) in [4.78, 5) is 16.1. The lowest BCUT2D eigenvalue weighted by Gasteiger charge is -2.32. The van der Waals surface area contributed by atoms with E-state index in [1.165, 1.54) is 32.9 Å². The molecule has 138 valence electrons. The van der Waals surface area contributed by atoms with Gasteiger partial charge in [-0.05, 0) is 38.1 Å². The van der Waals surface area contributed by atoms with Gasteiger partial charge in [0.2, 0.25) is 0 Å². The minimum atomic E-state index is 0.142. The summed E-state index contributed by atoms with van der Waals surface area (Å²) in [6.45, 7) is 5.09. The van der Waals surface area contributed by atoms with Gasteiger partial charge in [0.25, 0.3) is 0 Å². The number of nitrogens with zero attached hydrogens (tertiary/aromatic N) is 4. The van der Waals surface area contributed by atoms with Crippen molar-refractivity contribution in [3.63, 3.8) is 0 Å². The van der Waals surface area contributed by atoms with Crippen molar-refractivity contribution in [1.82, 2.24) is 14.8 Å². The lowest BCUT2D eigenvalue weighted by molar-refractivity contribution is -0.114. The second kappa shape index (κ2) is 7.78. The number of Topliss-reactive ketones (excluding diaryl/α,β-unsaturated/α-hetero) is 1. The monoisotopic (exact) mass is 396 g/mol. The number of para-hydroxylation sites is 2. The first-order chi connectivity index (χ1) is 13.2. The summed E-state index contributed by atoms with van der Waals surface area (Å²) < 4.78 is 2.10. The van der Waals surface area contributed by atoms with Crippen LogP contribution in [-0.4, -0.2) is 26.3 Å². The normalized spacial score (nSPS) is 12.6. The summed E-state index contributed by atoms with van der Waals surface area (Å²) in [6, 6.07) is 16.9. The third-order valence-corrected chi connectivity index (χ3v) is 6.59. The van der Waals surface area contributed by atoms with E-state index in [1.54, 1.807) is 18.7 Å². The fourth-order valence-corrected chi connectivity index (χ4v) is 5.04. The van der Waals surface area contributed by atoms with E-state index in [1.807, 2.05) is 0 Å². The minimum Gasteiger partial charge on any atom is -0.332 e. The van der Waals surface area contributed by atoms with Crippen molar-refractivity contribution in [2.24, 2.45) is 0 Å². The molecule has 0 bridgehead atoms. The van der Waals surface area contributed by atoms with Gasteiger partial charge >= 0.3 is 0 Å². The van der Waals surface area contributed by atoms with Gasteiger partial charge in [-0.25, -0.2) is 0 Å². The predicted octanol–water partition coefficient (Wildman–Crippen LogP) is 4.78. The summed E-state index contributed by atoms with van der Waals surface area (Å²) in [5, 5.41) is 9.57. The molecule has 0 atom stereocenters. The lowest BCUT2D eigenvalue weighted by Crippen LogP contribution is -2.22. The van der Waals surface area contributed by atoms with Gasteiger partial charge in [0, 0.05) is 16.3 Å². The highest BCUT2D eigenvalue weighted by Crippen LogP contribution is 2.48. The van der Waals surface area contributed by atoms with Crippen molar-refractivity contribution in [3.8, 4) is 0 Å². The zero-order chi connectivity index (χ0) is 18.8. The number of hydrogen-bond donors (Lipinski definition) is 0. The van der Waals surface area contributed by atoms with Gasteiger partial charge in [0.15, 0.2) is 11.0 Å². The fraction of sp³-hybridized carbons (Fsp3) is 0.250. The first-order valence-corrected chi connectivity index (χ1v) is 10.7. The Morgan fingerprint density at radius 3 is 2.26 bits per heavy atom. The summed E-state index contributed by atoms with van der Waals surface area (Å²) in [5.41, 5.74) is 2.37. The summed E-state index contributed by atoms with van der Waals surface area (Å²) in [5.74, 6) is 1.47. The zero-order valence-corrected chi connectivity index (χ0v) is 16.9. The van der Waals surface area contributed by atoms with Gasteiger partial charge in [-0.1, -0.05) is 47.8 Å². The van der Waals surface area contributed by atoms with Gasteiger partial charge < -0.3 is 9.47 Å². The van der Waals surface area contributed by atoms with Gasteiger partial charge in [-0.2, -0.15) is 0 Å². The van der Waals surface area contributed by atoms with Gasteiger partial charge in [-0.15, -0.1) is 10.2 Å². The number of fused-ring (bicyclic) bond motifs is 2. The van der Waals surface area contributed by atoms with Crippen LogP contribution in [0.5, 0.6) is 0 Å². The van der Waals surface area contributed by atoms with Crippen LogP contribution in [0.1, 0.15) is 19.7 Å². The molecule has 0 radical (unpaired) electrons. The van der Waals surface area contributed by atoms with Gasteiger partial charge in [0.05, 0.1) is 23.7 Å². The number of ketones is 1. The second-order valence-electron chi connectivity index (χ2n) is 6.26. The smallest absolute Gasteiger partial charge is 0.191 e. The number of benzene rings is 2. The van der Waals surface area contributed by atoms with Crippen molar-refractivity contribution in [2.45, 2.75) is 41.9 Å². The Morgan fingerprint density at radius 1 is 1.04 bits per heavy atom. The molecule has 27 heavy (non-hydrogen) atoms. The van der Waals surface area contributed by atoms with Crippen LogP contribution in [0.3, 0.4) is 0 Å². The van der Waals surface area contributed by atoms with Crippen molar-refractivity contribution < 1.29 is 4.79 Å². The number of thioether (sulfide) groups is 1. The van der Waals surface area contributed by atoms with Crippen LogP contribution < -0.4 is 4.90 Å². The van der Waals surface area contributed by atoms with Crippen LogP contribution in [0.25, 0.3) is 0 Å². The van der Waals surface area contributed by atoms with Crippen molar-refractivity contribution in [2.75, 3.05) is 10.7 Å². The minimum absolute atomic E-state index is 0.142.